The molecule has 1 amide bonds. The molecule has 20 heavy (non-hydrogen) atoms. The molecular formula is C16H26N2O2. The highest BCUT2D eigenvalue weighted by Crippen LogP contribution is 2.06. The third-order valence-electron chi connectivity index (χ3n) is 3.31. The van der Waals surface area contributed by atoms with Crippen molar-refractivity contribution in [3.8, 4) is 0 Å². The zero-order valence-corrected chi connectivity index (χ0v) is 12.9. The van der Waals surface area contributed by atoms with Crippen molar-refractivity contribution in [2.24, 2.45) is 0 Å². The van der Waals surface area contributed by atoms with Crippen LogP contribution in [-0.2, 0) is 11.3 Å². The summed E-state index contributed by atoms with van der Waals surface area (Å²) in [4.78, 5) is 14.0. The van der Waals surface area contributed by atoms with Crippen LogP contribution in [0.5, 0.6) is 0 Å². The molecular weight excluding hydrogens is 252 g/mol. The summed E-state index contributed by atoms with van der Waals surface area (Å²) in [6.45, 7) is 9.19. The number of carbonyl (C=O) groups is 1. The first-order valence-corrected chi connectivity index (χ1v) is 7.13. The van der Waals surface area contributed by atoms with Crippen molar-refractivity contribution in [2.75, 3.05) is 13.1 Å². The fourth-order valence-electron chi connectivity index (χ4n) is 2.04. The number of rotatable bonds is 7. The molecule has 0 fully saturated rings. The van der Waals surface area contributed by atoms with E-state index in [9.17, 15) is 9.90 Å². The summed E-state index contributed by atoms with van der Waals surface area (Å²) < 4.78 is 0. The van der Waals surface area contributed by atoms with Gasteiger partial charge in [-0.15, -0.1) is 0 Å². The summed E-state index contributed by atoms with van der Waals surface area (Å²) in [6.07, 6.45) is -0.429. The van der Waals surface area contributed by atoms with Crippen molar-refractivity contribution in [3.63, 3.8) is 0 Å². The molecule has 0 saturated carbocycles. The largest absolute Gasteiger partial charge is 0.392 e. The van der Waals surface area contributed by atoms with Gasteiger partial charge in [-0.3, -0.25) is 9.69 Å². The molecule has 4 nitrogen and oxygen atoms in total. The Labute approximate surface area is 121 Å². The zero-order valence-electron chi connectivity index (χ0n) is 12.9. The maximum atomic E-state index is 12.0. The van der Waals surface area contributed by atoms with Crippen LogP contribution in [0.1, 0.15) is 31.9 Å². The Morgan fingerprint density at radius 3 is 2.50 bits per heavy atom. The van der Waals surface area contributed by atoms with Gasteiger partial charge in [-0.2, -0.15) is 0 Å². The van der Waals surface area contributed by atoms with E-state index in [2.05, 4.69) is 5.32 Å². The average molecular weight is 278 g/mol. The van der Waals surface area contributed by atoms with E-state index in [0.29, 0.717) is 19.6 Å². The van der Waals surface area contributed by atoms with Crippen molar-refractivity contribution in [2.45, 2.75) is 46.4 Å². The second-order valence-corrected chi connectivity index (χ2v) is 5.58. The smallest absolute Gasteiger partial charge is 0.234 e. The van der Waals surface area contributed by atoms with Crippen molar-refractivity contribution < 1.29 is 9.90 Å². The van der Waals surface area contributed by atoms with Crippen LogP contribution >= 0.6 is 0 Å². The molecule has 1 atom stereocenters. The lowest BCUT2D eigenvalue weighted by Gasteiger charge is -2.27. The van der Waals surface area contributed by atoms with Gasteiger partial charge in [-0.1, -0.05) is 24.3 Å². The van der Waals surface area contributed by atoms with E-state index >= 15 is 0 Å². The van der Waals surface area contributed by atoms with Crippen LogP contribution in [0.3, 0.4) is 0 Å². The number of hydrogen-bond donors (Lipinski definition) is 2. The molecule has 112 valence electrons. The summed E-state index contributed by atoms with van der Waals surface area (Å²) in [5, 5.41) is 12.4. The lowest BCUT2D eigenvalue weighted by molar-refractivity contribution is -0.123. The highest BCUT2D eigenvalue weighted by Gasteiger charge is 2.15. The van der Waals surface area contributed by atoms with Gasteiger partial charge in [-0.05, 0) is 38.8 Å². The van der Waals surface area contributed by atoms with E-state index < -0.39 is 6.10 Å². The fourth-order valence-corrected chi connectivity index (χ4v) is 2.04. The molecule has 1 rings (SSSR count). The monoisotopic (exact) mass is 278 g/mol. The van der Waals surface area contributed by atoms with E-state index in [0.717, 1.165) is 5.56 Å². The Hall–Kier alpha value is -1.39. The van der Waals surface area contributed by atoms with Gasteiger partial charge < -0.3 is 10.4 Å². The van der Waals surface area contributed by atoms with Crippen LogP contribution in [0.15, 0.2) is 24.3 Å². The summed E-state index contributed by atoms with van der Waals surface area (Å²) in [5.74, 6) is -0.0115. The molecule has 0 spiro atoms. The molecule has 2 N–H and O–H groups in total. The topological polar surface area (TPSA) is 52.6 Å². The lowest BCUT2D eigenvalue weighted by Crippen LogP contribution is -2.43. The van der Waals surface area contributed by atoms with Gasteiger partial charge in [-0.25, -0.2) is 0 Å². The molecule has 0 unspecified atom stereocenters. The number of nitrogens with one attached hydrogen (secondary N) is 1. The summed E-state index contributed by atoms with van der Waals surface area (Å²) in [6, 6.07) is 8.25. The molecule has 0 bridgehead atoms. The quantitative estimate of drug-likeness (QED) is 0.798. The normalized spacial score (nSPS) is 12.8. The van der Waals surface area contributed by atoms with Crippen LogP contribution in [0.4, 0.5) is 0 Å². The standard InChI is InChI=1S/C16H26N2O2/c1-12(2)18(10-14(4)19)11-16(20)17-9-15-8-6-5-7-13(15)3/h5-8,12,14,19H,9-11H2,1-4H3,(H,17,20)/t14-/m1/s1. The maximum Gasteiger partial charge on any atom is 0.234 e. The molecule has 0 aliphatic carbocycles. The summed E-state index contributed by atoms with van der Waals surface area (Å²) in [7, 11) is 0. The Bertz CT molecular complexity index is 430. The van der Waals surface area contributed by atoms with Crippen molar-refractivity contribution in [1.82, 2.24) is 10.2 Å². The third kappa shape index (κ3) is 5.72. The van der Waals surface area contributed by atoms with Gasteiger partial charge in [0.2, 0.25) is 5.91 Å². The third-order valence-corrected chi connectivity index (χ3v) is 3.31. The van der Waals surface area contributed by atoms with E-state index in [1.165, 1.54) is 5.56 Å². The maximum absolute atomic E-state index is 12.0. The number of nitrogens with zero attached hydrogens (tertiary/aromatic N) is 1. The Kier molecular flexibility index (Phi) is 6.68. The van der Waals surface area contributed by atoms with Crippen LogP contribution < -0.4 is 5.32 Å². The second-order valence-electron chi connectivity index (χ2n) is 5.58. The molecule has 0 radical (unpaired) electrons. The molecule has 0 saturated heterocycles. The van der Waals surface area contributed by atoms with E-state index in [-0.39, 0.29) is 11.9 Å². The van der Waals surface area contributed by atoms with Crippen molar-refractivity contribution in [3.05, 3.63) is 35.4 Å². The van der Waals surface area contributed by atoms with Gasteiger partial charge in [0.25, 0.3) is 0 Å². The first-order valence-electron chi connectivity index (χ1n) is 7.13. The van der Waals surface area contributed by atoms with Gasteiger partial charge in [0.05, 0.1) is 12.6 Å². The minimum atomic E-state index is -0.429. The Morgan fingerprint density at radius 2 is 1.95 bits per heavy atom. The second kappa shape index (κ2) is 8.02. The van der Waals surface area contributed by atoms with Crippen LogP contribution in [0, 0.1) is 6.92 Å². The van der Waals surface area contributed by atoms with Crippen molar-refractivity contribution in [1.29, 1.82) is 0 Å². The van der Waals surface area contributed by atoms with Gasteiger partial charge in [0.1, 0.15) is 0 Å². The first kappa shape index (κ1) is 16.7. The minimum absolute atomic E-state index is 0.0115. The van der Waals surface area contributed by atoms with E-state index in [1.807, 2.05) is 49.9 Å². The summed E-state index contributed by atoms with van der Waals surface area (Å²) in [5.41, 5.74) is 2.31. The van der Waals surface area contributed by atoms with Gasteiger partial charge in [0.15, 0.2) is 0 Å². The molecule has 1 aromatic rings. The number of amides is 1. The highest BCUT2D eigenvalue weighted by atomic mass is 16.3. The predicted octanol–water partition coefficient (Wildman–Crippen LogP) is 1.70. The molecule has 4 heteroatoms. The zero-order chi connectivity index (χ0) is 15.1. The predicted molar refractivity (Wildman–Crippen MR) is 81.4 cm³/mol. The highest BCUT2D eigenvalue weighted by molar-refractivity contribution is 5.78. The van der Waals surface area contributed by atoms with Crippen LogP contribution in [0.2, 0.25) is 0 Å². The number of aliphatic hydroxyl groups excluding tert-OH is 1. The molecule has 0 aromatic heterocycles. The molecule has 1 aromatic carbocycles. The number of aryl methyl sites for hydroxylation is 1. The Balaban J connectivity index is 2.48. The molecule has 0 heterocycles. The molecule has 0 aliphatic heterocycles. The van der Waals surface area contributed by atoms with Crippen LogP contribution in [0.25, 0.3) is 0 Å². The van der Waals surface area contributed by atoms with Gasteiger partial charge >= 0.3 is 0 Å². The van der Waals surface area contributed by atoms with E-state index in [4.69, 9.17) is 0 Å². The molecule has 0 aliphatic rings. The Morgan fingerprint density at radius 1 is 1.30 bits per heavy atom. The number of carbonyl (C=O) groups excluding carboxylic acids is 1. The van der Waals surface area contributed by atoms with Gasteiger partial charge in [0, 0.05) is 19.1 Å². The number of benzene rings is 1. The SMILES string of the molecule is Cc1ccccc1CNC(=O)CN(C[C@@H](C)O)C(C)C. The minimum Gasteiger partial charge on any atom is -0.392 e. The fraction of sp³-hybridized carbons (Fsp3) is 0.562. The van der Waals surface area contributed by atoms with Crippen LogP contribution in [-0.4, -0.2) is 41.1 Å². The van der Waals surface area contributed by atoms with Crippen molar-refractivity contribution >= 4 is 5.91 Å². The number of aliphatic hydroxyl groups is 1. The number of hydrogen-bond acceptors (Lipinski definition) is 3. The summed E-state index contributed by atoms with van der Waals surface area (Å²) >= 11 is 0. The lowest BCUT2D eigenvalue weighted by atomic mass is 10.1. The average Bonchev–Trinajstić information content (AvgIpc) is 2.36. The van der Waals surface area contributed by atoms with E-state index in [1.54, 1.807) is 6.92 Å². The first-order chi connectivity index (χ1) is 9.40.